The number of hydrogen-bond acceptors (Lipinski definition) is 5. The summed E-state index contributed by atoms with van der Waals surface area (Å²) in [6.45, 7) is 3.52. The fraction of sp³-hybridized carbons (Fsp3) is 0.211. The number of hydrogen-bond donors (Lipinski definition) is 1. The minimum Gasteiger partial charge on any atom is -0.487 e. The molecule has 4 nitrogen and oxygen atoms in total. The second kappa shape index (κ2) is 6.37. The third kappa shape index (κ3) is 3.30. The van der Waals surface area contributed by atoms with Crippen molar-refractivity contribution >= 4 is 22.2 Å². The number of thiazole rings is 1. The zero-order chi connectivity index (χ0) is 17.4. The Labute approximate surface area is 149 Å². The molecule has 0 bridgehead atoms. The molecule has 1 aromatic heterocycles. The second-order valence-corrected chi connectivity index (χ2v) is 7.08. The molecule has 128 valence electrons. The van der Waals surface area contributed by atoms with Crippen LogP contribution in [0.2, 0.25) is 0 Å². The highest BCUT2D eigenvalue weighted by Gasteiger charge is 2.24. The van der Waals surface area contributed by atoms with Crippen molar-refractivity contribution < 1.29 is 9.13 Å². The van der Waals surface area contributed by atoms with Gasteiger partial charge in [0.1, 0.15) is 17.7 Å². The molecule has 25 heavy (non-hydrogen) atoms. The Balaban J connectivity index is 1.68. The third-order valence-corrected chi connectivity index (χ3v) is 4.88. The van der Waals surface area contributed by atoms with E-state index in [0.717, 1.165) is 34.8 Å². The predicted octanol–water partition coefficient (Wildman–Crippen LogP) is 4.32. The Morgan fingerprint density at radius 3 is 2.80 bits per heavy atom. The fourth-order valence-corrected chi connectivity index (χ4v) is 3.64. The van der Waals surface area contributed by atoms with Gasteiger partial charge in [-0.2, -0.15) is 0 Å². The Bertz CT molecular complexity index is 894. The number of anilines is 2. The minimum absolute atomic E-state index is 0.0914. The highest BCUT2D eigenvalue weighted by molar-refractivity contribution is 7.13. The van der Waals surface area contributed by atoms with Gasteiger partial charge in [-0.15, -0.1) is 11.3 Å². The third-order valence-electron chi connectivity index (χ3n) is 4.21. The smallest absolute Gasteiger partial charge is 0.180 e. The maximum absolute atomic E-state index is 13.2. The number of ether oxygens (including phenoxy) is 1. The van der Waals surface area contributed by atoms with E-state index in [0.29, 0.717) is 11.7 Å². The van der Waals surface area contributed by atoms with Crippen LogP contribution in [0.15, 0.2) is 47.8 Å². The quantitative estimate of drug-likeness (QED) is 0.760. The summed E-state index contributed by atoms with van der Waals surface area (Å²) in [5.74, 6) is 0.635. The van der Waals surface area contributed by atoms with Gasteiger partial charge in [-0.1, -0.05) is 12.1 Å². The van der Waals surface area contributed by atoms with E-state index in [2.05, 4.69) is 22.9 Å². The lowest BCUT2D eigenvalue weighted by atomic mass is 10.1. The van der Waals surface area contributed by atoms with Crippen molar-refractivity contribution in [1.29, 1.82) is 0 Å². The summed E-state index contributed by atoms with van der Waals surface area (Å²) >= 11 is 1.43. The summed E-state index contributed by atoms with van der Waals surface area (Å²) < 4.78 is 19.1. The maximum atomic E-state index is 13.2. The van der Waals surface area contributed by atoms with Crippen LogP contribution in [0.5, 0.6) is 5.75 Å². The molecule has 4 rings (SSSR count). The Morgan fingerprint density at radius 2 is 2.08 bits per heavy atom. The van der Waals surface area contributed by atoms with Gasteiger partial charge in [0.15, 0.2) is 5.13 Å². The van der Waals surface area contributed by atoms with Gasteiger partial charge in [0.2, 0.25) is 0 Å². The highest BCUT2D eigenvalue weighted by atomic mass is 32.1. The molecule has 0 fully saturated rings. The Morgan fingerprint density at radius 1 is 1.28 bits per heavy atom. The van der Waals surface area contributed by atoms with E-state index in [1.165, 1.54) is 23.5 Å². The lowest BCUT2D eigenvalue weighted by molar-refractivity contribution is 0.212. The van der Waals surface area contributed by atoms with Crippen LogP contribution in [0.3, 0.4) is 0 Å². The normalized spacial score (nSPS) is 16.4. The van der Waals surface area contributed by atoms with Gasteiger partial charge in [-0.3, -0.25) is 0 Å². The van der Waals surface area contributed by atoms with Gasteiger partial charge in [-0.25, -0.2) is 9.37 Å². The Kier molecular flexibility index (Phi) is 4.05. The first kappa shape index (κ1) is 15.9. The number of nitrogens with zero attached hydrogens (tertiary/aromatic N) is 2. The average Bonchev–Trinajstić information content (AvgIpc) is 3.03. The molecular weight excluding hydrogens is 337 g/mol. The molecule has 2 N–H and O–H groups in total. The molecule has 0 radical (unpaired) electrons. The second-order valence-electron chi connectivity index (χ2n) is 6.19. The van der Waals surface area contributed by atoms with Gasteiger partial charge in [-0.05, 0) is 42.8 Å². The maximum Gasteiger partial charge on any atom is 0.180 e. The van der Waals surface area contributed by atoms with Crippen LogP contribution in [0, 0.1) is 5.82 Å². The van der Waals surface area contributed by atoms with E-state index in [9.17, 15) is 4.39 Å². The molecule has 2 aromatic carbocycles. The van der Waals surface area contributed by atoms with Crippen molar-refractivity contribution in [3.8, 4) is 17.0 Å². The van der Waals surface area contributed by atoms with E-state index in [-0.39, 0.29) is 11.9 Å². The van der Waals surface area contributed by atoms with Crippen molar-refractivity contribution in [2.75, 3.05) is 17.2 Å². The molecule has 1 aliphatic heterocycles. The van der Waals surface area contributed by atoms with Crippen molar-refractivity contribution in [3.05, 3.63) is 59.2 Å². The van der Waals surface area contributed by atoms with Crippen molar-refractivity contribution in [2.45, 2.75) is 19.6 Å². The average molecular weight is 355 g/mol. The van der Waals surface area contributed by atoms with Gasteiger partial charge < -0.3 is 15.4 Å². The predicted molar refractivity (Wildman–Crippen MR) is 99.5 cm³/mol. The van der Waals surface area contributed by atoms with E-state index < -0.39 is 0 Å². The summed E-state index contributed by atoms with van der Waals surface area (Å²) in [6, 6.07) is 12.7. The van der Waals surface area contributed by atoms with Crippen molar-refractivity contribution in [3.63, 3.8) is 0 Å². The van der Waals surface area contributed by atoms with E-state index in [1.807, 2.05) is 29.6 Å². The molecule has 6 heteroatoms. The highest BCUT2D eigenvalue weighted by Crippen LogP contribution is 2.38. The van der Waals surface area contributed by atoms with Gasteiger partial charge in [0, 0.05) is 17.5 Å². The summed E-state index contributed by atoms with van der Waals surface area (Å²) in [5, 5.41) is 2.51. The van der Waals surface area contributed by atoms with Gasteiger partial charge >= 0.3 is 0 Å². The van der Waals surface area contributed by atoms with Crippen molar-refractivity contribution in [2.24, 2.45) is 0 Å². The molecule has 0 aliphatic carbocycles. The van der Waals surface area contributed by atoms with Crippen LogP contribution in [0.1, 0.15) is 12.5 Å². The first-order chi connectivity index (χ1) is 12.1. The summed E-state index contributed by atoms with van der Waals surface area (Å²) in [7, 11) is 0. The van der Waals surface area contributed by atoms with Crippen LogP contribution in [0.25, 0.3) is 11.3 Å². The van der Waals surface area contributed by atoms with Gasteiger partial charge in [0.25, 0.3) is 0 Å². The lowest BCUT2D eigenvalue weighted by Gasteiger charge is -2.35. The first-order valence-electron chi connectivity index (χ1n) is 8.10. The summed E-state index contributed by atoms with van der Waals surface area (Å²) in [6.07, 6.45) is 0.0914. The van der Waals surface area contributed by atoms with Crippen LogP contribution < -0.4 is 15.4 Å². The lowest BCUT2D eigenvalue weighted by Crippen LogP contribution is -2.38. The Hall–Kier alpha value is -2.60. The van der Waals surface area contributed by atoms with Crippen LogP contribution in [0.4, 0.5) is 15.2 Å². The molecule has 2 heterocycles. The van der Waals surface area contributed by atoms with E-state index in [1.54, 1.807) is 0 Å². The largest absolute Gasteiger partial charge is 0.487 e. The fourth-order valence-electron chi connectivity index (χ4n) is 3.07. The number of nitrogen functional groups attached to an aromatic ring is 1. The molecule has 0 amide bonds. The standard InChI is InChI=1S/C19H18FN3OS/c1-12-9-23(10-13-2-5-15(20)6-3-13)17-8-14(4-7-18(17)24-12)16-11-25-19(21)22-16/h2-8,11-12H,9-10H2,1H3,(H2,21,22). The number of rotatable bonds is 3. The van der Waals surface area contributed by atoms with Crippen molar-refractivity contribution in [1.82, 2.24) is 4.98 Å². The summed E-state index contributed by atoms with van der Waals surface area (Å²) in [5.41, 5.74) is 9.71. The molecule has 0 saturated heterocycles. The first-order valence-corrected chi connectivity index (χ1v) is 8.98. The number of aromatic nitrogens is 1. The number of nitrogens with two attached hydrogens (primary N) is 1. The van der Waals surface area contributed by atoms with Crippen LogP contribution >= 0.6 is 11.3 Å². The van der Waals surface area contributed by atoms with Crippen LogP contribution in [-0.2, 0) is 6.54 Å². The zero-order valence-corrected chi connectivity index (χ0v) is 14.6. The molecule has 1 atom stereocenters. The summed E-state index contributed by atoms with van der Waals surface area (Å²) in [4.78, 5) is 6.62. The molecule has 0 saturated carbocycles. The van der Waals surface area contributed by atoms with E-state index in [4.69, 9.17) is 10.5 Å². The molecule has 1 aliphatic rings. The van der Waals surface area contributed by atoms with E-state index >= 15 is 0 Å². The molecule has 1 unspecified atom stereocenters. The van der Waals surface area contributed by atoms with Gasteiger partial charge in [0.05, 0.1) is 17.9 Å². The minimum atomic E-state index is -0.220. The molecule has 0 spiro atoms. The number of halogens is 1. The topological polar surface area (TPSA) is 51.4 Å². The zero-order valence-electron chi connectivity index (χ0n) is 13.8. The monoisotopic (exact) mass is 355 g/mol. The molecule has 3 aromatic rings. The number of fused-ring (bicyclic) bond motifs is 1. The molecular formula is C19H18FN3OS. The van der Waals surface area contributed by atoms with Crippen LogP contribution in [-0.4, -0.2) is 17.6 Å². The number of benzene rings is 2. The SMILES string of the molecule is CC1CN(Cc2ccc(F)cc2)c2cc(-c3csc(N)n3)ccc2O1.